The van der Waals surface area contributed by atoms with E-state index < -0.39 is 47.7 Å². The number of carboxylic acids is 1. The van der Waals surface area contributed by atoms with E-state index in [-0.39, 0.29) is 5.56 Å². The van der Waals surface area contributed by atoms with Crippen LogP contribution in [0.3, 0.4) is 0 Å². The molecule has 0 aliphatic carbocycles. The summed E-state index contributed by atoms with van der Waals surface area (Å²) in [5.74, 6) is -4.38. The van der Waals surface area contributed by atoms with Crippen LogP contribution >= 0.6 is 0 Å². The van der Waals surface area contributed by atoms with Gasteiger partial charge in [0, 0.05) is 6.04 Å². The highest BCUT2D eigenvalue weighted by atomic mass is 19.4. The average Bonchev–Trinajstić information content (AvgIpc) is 2.35. The fraction of sp³-hybridized carbons (Fsp3) is 0.500. The maximum absolute atomic E-state index is 13.0. The molecule has 0 fully saturated rings. The maximum Gasteiger partial charge on any atom is 0.416 e. The number of esters is 1. The maximum atomic E-state index is 13.0. The van der Waals surface area contributed by atoms with Crippen molar-refractivity contribution in [2.45, 2.75) is 45.0 Å². The Hall–Kier alpha value is -2.09. The van der Waals surface area contributed by atoms with E-state index in [2.05, 4.69) is 0 Å². The zero-order chi connectivity index (χ0) is 18.7. The third-order valence-corrected chi connectivity index (χ3v) is 3.13. The van der Waals surface area contributed by atoms with E-state index in [1.807, 2.05) is 0 Å². The lowest BCUT2D eigenvalue weighted by atomic mass is 9.91. The van der Waals surface area contributed by atoms with Gasteiger partial charge in [-0.2, -0.15) is 13.2 Å². The molecule has 1 rings (SSSR count). The number of hydrogen-bond donors (Lipinski definition) is 2. The summed E-state index contributed by atoms with van der Waals surface area (Å²) < 4.78 is 44.0. The SMILES string of the molecule is CC(C)(C)OC(=O)[C@@H](C(=O)O)C(N)Cc1ccccc1C(F)(F)F. The average molecular weight is 347 g/mol. The second kappa shape index (κ2) is 7.21. The molecule has 0 aliphatic rings. The number of nitrogens with two attached hydrogens (primary N) is 1. The molecule has 134 valence electrons. The Morgan fingerprint density at radius 1 is 1.21 bits per heavy atom. The lowest BCUT2D eigenvalue weighted by Crippen LogP contribution is -2.45. The van der Waals surface area contributed by atoms with Crippen molar-refractivity contribution in [3.63, 3.8) is 0 Å². The largest absolute Gasteiger partial charge is 0.481 e. The second-order valence-electron chi connectivity index (χ2n) is 6.37. The van der Waals surface area contributed by atoms with Gasteiger partial charge < -0.3 is 15.6 Å². The highest BCUT2D eigenvalue weighted by Crippen LogP contribution is 2.32. The van der Waals surface area contributed by atoms with Gasteiger partial charge in [-0.25, -0.2) is 0 Å². The van der Waals surface area contributed by atoms with Crippen molar-refractivity contribution >= 4 is 11.9 Å². The van der Waals surface area contributed by atoms with Crippen LogP contribution in [0.2, 0.25) is 0 Å². The molecule has 0 spiro atoms. The summed E-state index contributed by atoms with van der Waals surface area (Å²) in [6, 6.07) is 3.34. The number of rotatable bonds is 5. The Kier molecular flexibility index (Phi) is 5.99. The molecule has 1 unspecified atom stereocenters. The number of aliphatic carboxylic acids is 1. The van der Waals surface area contributed by atoms with Gasteiger partial charge in [0.2, 0.25) is 0 Å². The molecule has 0 amide bonds. The summed E-state index contributed by atoms with van der Waals surface area (Å²) in [5, 5.41) is 9.22. The number of halogens is 3. The number of carbonyl (C=O) groups excluding carboxylic acids is 1. The molecule has 24 heavy (non-hydrogen) atoms. The number of ether oxygens (including phenoxy) is 1. The summed E-state index contributed by atoms with van der Waals surface area (Å²) in [6.45, 7) is 4.65. The monoisotopic (exact) mass is 347 g/mol. The molecular formula is C16H20F3NO4. The highest BCUT2D eigenvalue weighted by molar-refractivity contribution is 5.95. The predicted octanol–water partition coefficient (Wildman–Crippen LogP) is 2.62. The van der Waals surface area contributed by atoms with Gasteiger partial charge in [0.05, 0.1) is 5.56 Å². The molecule has 0 saturated carbocycles. The first kappa shape index (κ1) is 20.0. The molecule has 1 aromatic carbocycles. The molecule has 0 aliphatic heterocycles. The first-order valence-electron chi connectivity index (χ1n) is 7.19. The van der Waals surface area contributed by atoms with Crippen LogP contribution in [0.1, 0.15) is 31.9 Å². The van der Waals surface area contributed by atoms with E-state index in [9.17, 15) is 27.9 Å². The minimum absolute atomic E-state index is 0.174. The van der Waals surface area contributed by atoms with Crippen LogP contribution < -0.4 is 5.73 Å². The van der Waals surface area contributed by atoms with E-state index in [0.29, 0.717) is 0 Å². The molecule has 8 heteroatoms. The predicted molar refractivity (Wildman–Crippen MR) is 80.1 cm³/mol. The molecule has 0 aromatic heterocycles. The second-order valence-corrected chi connectivity index (χ2v) is 6.37. The number of carboxylic acid groups (broad SMARTS) is 1. The van der Waals surface area contributed by atoms with Crippen molar-refractivity contribution in [2.75, 3.05) is 0 Å². The molecule has 3 N–H and O–H groups in total. The third kappa shape index (κ3) is 5.52. The van der Waals surface area contributed by atoms with E-state index >= 15 is 0 Å². The highest BCUT2D eigenvalue weighted by Gasteiger charge is 2.38. The van der Waals surface area contributed by atoms with E-state index in [1.165, 1.54) is 18.2 Å². The zero-order valence-corrected chi connectivity index (χ0v) is 13.6. The molecule has 1 aromatic rings. The van der Waals surface area contributed by atoms with Crippen molar-refractivity contribution < 1.29 is 32.6 Å². The van der Waals surface area contributed by atoms with Crippen molar-refractivity contribution in [2.24, 2.45) is 11.7 Å². The number of alkyl halides is 3. The Morgan fingerprint density at radius 2 is 1.75 bits per heavy atom. The van der Waals surface area contributed by atoms with Gasteiger partial charge in [0.25, 0.3) is 0 Å². The number of benzene rings is 1. The van der Waals surface area contributed by atoms with Crippen molar-refractivity contribution in [3.8, 4) is 0 Å². The van der Waals surface area contributed by atoms with Gasteiger partial charge in [-0.05, 0) is 38.8 Å². The molecule has 0 heterocycles. The zero-order valence-electron chi connectivity index (χ0n) is 13.6. The standard InChI is InChI=1S/C16H20F3NO4/c1-15(2,3)24-14(23)12(13(21)22)11(20)8-9-6-4-5-7-10(9)16(17,18)19/h4-7,11-12H,8,20H2,1-3H3,(H,21,22)/t11?,12-/m1/s1. The molecule has 2 atom stereocenters. The van der Waals surface area contributed by atoms with Crippen LogP contribution in [0.15, 0.2) is 24.3 Å². The Morgan fingerprint density at radius 3 is 2.21 bits per heavy atom. The van der Waals surface area contributed by atoms with Gasteiger partial charge in [-0.1, -0.05) is 18.2 Å². The summed E-state index contributed by atoms with van der Waals surface area (Å²) in [5.41, 5.74) is 3.72. The van der Waals surface area contributed by atoms with Crippen LogP contribution in [0.5, 0.6) is 0 Å². The number of carbonyl (C=O) groups is 2. The van der Waals surface area contributed by atoms with Gasteiger partial charge in [-0.3, -0.25) is 9.59 Å². The van der Waals surface area contributed by atoms with Crippen LogP contribution in [-0.4, -0.2) is 28.7 Å². The van der Waals surface area contributed by atoms with Gasteiger partial charge in [0.15, 0.2) is 5.92 Å². The molecule has 0 radical (unpaired) electrons. The molecular weight excluding hydrogens is 327 g/mol. The van der Waals surface area contributed by atoms with Crippen molar-refractivity contribution in [1.29, 1.82) is 0 Å². The molecule has 0 bridgehead atoms. The molecule has 5 nitrogen and oxygen atoms in total. The number of hydrogen-bond acceptors (Lipinski definition) is 4. The van der Waals surface area contributed by atoms with E-state index in [0.717, 1.165) is 6.07 Å². The Balaban J connectivity index is 3.05. The van der Waals surface area contributed by atoms with Crippen LogP contribution in [0, 0.1) is 5.92 Å². The fourth-order valence-corrected chi connectivity index (χ4v) is 2.17. The van der Waals surface area contributed by atoms with Gasteiger partial charge in [-0.15, -0.1) is 0 Å². The first-order valence-corrected chi connectivity index (χ1v) is 7.19. The van der Waals surface area contributed by atoms with Crippen LogP contribution in [-0.2, 0) is 26.9 Å². The minimum Gasteiger partial charge on any atom is -0.481 e. The van der Waals surface area contributed by atoms with Crippen LogP contribution in [0.4, 0.5) is 13.2 Å². The van der Waals surface area contributed by atoms with Crippen LogP contribution in [0.25, 0.3) is 0 Å². The summed E-state index contributed by atoms with van der Waals surface area (Å²) in [4.78, 5) is 23.3. The third-order valence-electron chi connectivity index (χ3n) is 3.13. The summed E-state index contributed by atoms with van der Waals surface area (Å²) in [7, 11) is 0. The molecule has 0 saturated heterocycles. The van der Waals surface area contributed by atoms with Crippen molar-refractivity contribution in [3.05, 3.63) is 35.4 Å². The van der Waals surface area contributed by atoms with E-state index in [1.54, 1.807) is 20.8 Å². The summed E-state index contributed by atoms with van der Waals surface area (Å²) in [6.07, 6.45) is -5.02. The fourth-order valence-electron chi connectivity index (χ4n) is 2.17. The van der Waals surface area contributed by atoms with Gasteiger partial charge in [0.1, 0.15) is 5.60 Å². The quantitative estimate of drug-likeness (QED) is 0.631. The lowest BCUT2D eigenvalue weighted by Gasteiger charge is -2.25. The summed E-state index contributed by atoms with van der Waals surface area (Å²) >= 11 is 0. The lowest BCUT2D eigenvalue weighted by molar-refractivity contribution is -0.167. The minimum atomic E-state index is -4.60. The van der Waals surface area contributed by atoms with Crippen molar-refractivity contribution in [1.82, 2.24) is 0 Å². The van der Waals surface area contributed by atoms with E-state index in [4.69, 9.17) is 10.5 Å². The van der Waals surface area contributed by atoms with Gasteiger partial charge >= 0.3 is 18.1 Å². The first-order chi connectivity index (χ1) is 10.8. The Labute approximate surface area is 137 Å². The Bertz CT molecular complexity index is 608. The smallest absolute Gasteiger partial charge is 0.416 e. The topological polar surface area (TPSA) is 89.6 Å². The normalized spacial score (nSPS) is 14.8.